The van der Waals surface area contributed by atoms with Crippen LogP contribution in [0.15, 0.2) is 54.7 Å². The standard InChI is InChI=1S/C27H29N5O2/c28-20-6-3-8-22(15-20)34-14-4-7-21-17-30-26(24(18-33)31-21)32-12-10-27(11-13-32)16-19-5-1-2-9-23(19)25(27)29/h1-3,5-6,8-9,15,17,25,33H,10-14,16,18,28-29H2/t25-/m1/s1. The molecule has 3 aromatic rings. The summed E-state index contributed by atoms with van der Waals surface area (Å²) in [7, 11) is 0. The third-order valence-corrected chi connectivity index (χ3v) is 7.01. The van der Waals surface area contributed by atoms with Crippen molar-refractivity contribution in [1.82, 2.24) is 9.97 Å². The van der Waals surface area contributed by atoms with Gasteiger partial charge < -0.3 is 26.2 Å². The predicted octanol–water partition coefficient (Wildman–Crippen LogP) is 2.82. The fourth-order valence-electron chi connectivity index (χ4n) is 5.17. The van der Waals surface area contributed by atoms with Crippen LogP contribution in [0.4, 0.5) is 11.5 Å². The molecule has 1 atom stereocenters. The van der Waals surface area contributed by atoms with Crippen molar-refractivity contribution in [2.75, 3.05) is 30.3 Å². The van der Waals surface area contributed by atoms with Crippen LogP contribution in [0.2, 0.25) is 0 Å². The highest BCUT2D eigenvalue weighted by atomic mass is 16.5. The van der Waals surface area contributed by atoms with E-state index in [0.717, 1.165) is 38.2 Å². The minimum atomic E-state index is -0.190. The first-order chi connectivity index (χ1) is 16.6. The lowest BCUT2D eigenvalue weighted by atomic mass is 9.73. The third kappa shape index (κ3) is 4.30. The summed E-state index contributed by atoms with van der Waals surface area (Å²) >= 11 is 0. The molecule has 1 aromatic heterocycles. The van der Waals surface area contributed by atoms with Gasteiger partial charge in [-0.1, -0.05) is 36.3 Å². The van der Waals surface area contributed by atoms with Crippen molar-refractivity contribution in [3.63, 3.8) is 0 Å². The Labute approximate surface area is 199 Å². The Kier molecular flexibility index (Phi) is 6.10. The quantitative estimate of drug-likeness (QED) is 0.410. The van der Waals surface area contributed by atoms with Crippen LogP contribution < -0.4 is 21.1 Å². The SMILES string of the molecule is Nc1cccc(OCC#Cc2cnc(N3CCC4(CC3)Cc3ccccc3[C@H]4N)c(CO)n2)c1. The molecule has 34 heavy (non-hydrogen) atoms. The fraction of sp³-hybridized carbons (Fsp3) is 0.333. The van der Waals surface area contributed by atoms with Gasteiger partial charge in [0.25, 0.3) is 0 Å². The molecule has 2 heterocycles. The summed E-state index contributed by atoms with van der Waals surface area (Å²) < 4.78 is 5.59. The van der Waals surface area contributed by atoms with E-state index >= 15 is 0 Å². The first-order valence-electron chi connectivity index (χ1n) is 11.6. The van der Waals surface area contributed by atoms with E-state index in [1.54, 1.807) is 18.3 Å². The summed E-state index contributed by atoms with van der Waals surface area (Å²) in [5.74, 6) is 7.30. The minimum absolute atomic E-state index is 0.0708. The third-order valence-electron chi connectivity index (χ3n) is 7.01. The zero-order chi connectivity index (χ0) is 23.5. The van der Waals surface area contributed by atoms with Crippen LogP contribution in [0, 0.1) is 17.3 Å². The first kappa shape index (κ1) is 22.2. The molecule has 7 nitrogen and oxygen atoms in total. The number of ether oxygens (including phenoxy) is 1. The number of hydrogen-bond donors (Lipinski definition) is 3. The van der Waals surface area contributed by atoms with Crippen LogP contribution in [0.3, 0.4) is 0 Å². The van der Waals surface area contributed by atoms with E-state index in [1.807, 2.05) is 12.1 Å². The molecular formula is C27H29N5O2. The summed E-state index contributed by atoms with van der Waals surface area (Å²) in [5, 5.41) is 9.95. The predicted molar refractivity (Wildman–Crippen MR) is 132 cm³/mol. The summed E-state index contributed by atoms with van der Waals surface area (Å²) in [6, 6.07) is 15.8. The van der Waals surface area contributed by atoms with E-state index < -0.39 is 0 Å². The number of piperidine rings is 1. The fourth-order valence-corrected chi connectivity index (χ4v) is 5.17. The molecule has 174 valence electrons. The highest BCUT2D eigenvalue weighted by molar-refractivity contribution is 5.47. The molecule has 1 spiro atoms. The number of nitrogens with zero attached hydrogens (tertiary/aromatic N) is 3. The molecule has 5 rings (SSSR count). The van der Waals surface area contributed by atoms with Crippen LogP contribution in [0.5, 0.6) is 5.75 Å². The lowest BCUT2D eigenvalue weighted by Crippen LogP contribution is -2.45. The Morgan fingerprint density at radius 3 is 2.74 bits per heavy atom. The molecule has 1 saturated heterocycles. The van der Waals surface area contributed by atoms with Gasteiger partial charge in [0, 0.05) is 30.9 Å². The summed E-state index contributed by atoms with van der Waals surface area (Å²) in [4.78, 5) is 11.3. The van der Waals surface area contributed by atoms with E-state index in [2.05, 4.69) is 51.0 Å². The molecule has 2 aliphatic rings. The van der Waals surface area contributed by atoms with Gasteiger partial charge in [-0.25, -0.2) is 9.97 Å². The molecule has 0 bridgehead atoms. The number of hydrogen-bond acceptors (Lipinski definition) is 7. The molecule has 0 saturated carbocycles. The second-order valence-corrected chi connectivity index (χ2v) is 9.05. The van der Waals surface area contributed by atoms with Crippen LogP contribution in [-0.4, -0.2) is 34.8 Å². The van der Waals surface area contributed by atoms with Crippen molar-refractivity contribution in [2.45, 2.75) is 31.9 Å². The average Bonchev–Trinajstić information content (AvgIpc) is 3.13. The maximum Gasteiger partial charge on any atom is 0.152 e. The van der Waals surface area contributed by atoms with E-state index in [1.165, 1.54) is 11.1 Å². The maximum atomic E-state index is 9.95. The highest BCUT2D eigenvalue weighted by Crippen LogP contribution is 2.50. The van der Waals surface area contributed by atoms with Crippen LogP contribution in [0.1, 0.15) is 41.4 Å². The van der Waals surface area contributed by atoms with Crippen LogP contribution in [-0.2, 0) is 13.0 Å². The normalized spacial score (nSPS) is 18.3. The molecule has 0 unspecified atom stereocenters. The van der Waals surface area contributed by atoms with E-state index in [4.69, 9.17) is 16.2 Å². The van der Waals surface area contributed by atoms with Gasteiger partial charge in [0.1, 0.15) is 23.7 Å². The Hall–Kier alpha value is -3.60. The lowest BCUT2D eigenvalue weighted by molar-refractivity contribution is 0.186. The Bertz CT molecular complexity index is 1240. The molecule has 1 aliphatic heterocycles. The molecule has 7 heteroatoms. The second kappa shape index (κ2) is 9.34. The van der Waals surface area contributed by atoms with E-state index in [9.17, 15) is 5.11 Å². The average molecular weight is 456 g/mol. The smallest absolute Gasteiger partial charge is 0.152 e. The first-order valence-corrected chi connectivity index (χ1v) is 11.6. The van der Waals surface area contributed by atoms with Crippen molar-refractivity contribution in [1.29, 1.82) is 0 Å². The molecule has 1 aliphatic carbocycles. The number of fused-ring (bicyclic) bond motifs is 1. The van der Waals surface area contributed by atoms with E-state index in [0.29, 0.717) is 22.8 Å². The number of nitrogen functional groups attached to an aromatic ring is 1. The van der Waals surface area contributed by atoms with Gasteiger partial charge in [-0.3, -0.25) is 0 Å². The van der Waals surface area contributed by atoms with Gasteiger partial charge in [-0.2, -0.15) is 0 Å². The second-order valence-electron chi connectivity index (χ2n) is 9.05. The monoisotopic (exact) mass is 455 g/mol. The molecule has 2 aromatic carbocycles. The van der Waals surface area contributed by atoms with Gasteiger partial charge >= 0.3 is 0 Å². The zero-order valence-corrected chi connectivity index (χ0v) is 19.1. The number of aromatic nitrogens is 2. The number of rotatable bonds is 4. The van der Waals surface area contributed by atoms with Crippen molar-refractivity contribution >= 4 is 11.5 Å². The number of nitrogens with two attached hydrogens (primary N) is 2. The van der Waals surface area contributed by atoms with Gasteiger partial charge in [0.2, 0.25) is 0 Å². The minimum Gasteiger partial charge on any atom is -0.481 e. The molecule has 1 fully saturated rings. The van der Waals surface area contributed by atoms with Crippen molar-refractivity contribution in [3.8, 4) is 17.6 Å². The number of aliphatic hydroxyl groups excluding tert-OH is 1. The maximum absolute atomic E-state index is 9.95. The summed E-state index contributed by atoms with van der Waals surface area (Å²) in [6.07, 6.45) is 4.66. The number of aliphatic hydroxyl groups is 1. The van der Waals surface area contributed by atoms with Gasteiger partial charge in [0.15, 0.2) is 5.82 Å². The van der Waals surface area contributed by atoms with Gasteiger partial charge in [-0.05, 0) is 53.9 Å². The van der Waals surface area contributed by atoms with Gasteiger partial charge in [-0.15, -0.1) is 0 Å². The summed E-state index contributed by atoms with van der Waals surface area (Å²) in [6.45, 7) is 1.69. The summed E-state index contributed by atoms with van der Waals surface area (Å²) in [5.41, 5.74) is 16.9. The van der Waals surface area contributed by atoms with E-state index in [-0.39, 0.29) is 24.7 Å². The Morgan fingerprint density at radius 1 is 1.15 bits per heavy atom. The van der Waals surface area contributed by atoms with Crippen molar-refractivity contribution in [3.05, 3.63) is 77.2 Å². The topological polar surface area (TPSA) is 111 Å². The van der Waals surface area contributed by atoms with Crippen molar-refractivity contribution in [2.24, 2.45) is 11.1 Å². The highest BCUT2D eigenvalue weighted by Gasteiger charge is 2.46. The van der Waals surface area contributed by atoms with Crippen molar-refractivity contribution < 1.29 is 9.84 Å². The molecule has 0 amide bonds. The Morgan fingerprint density at radius 2 is 1.97 bits per heavy atom. The van der Waals surface area contributed by atoms with Gasteiger partial charge in [0.05, 0.1) is 12.8 Å². The molecule has 0 radical (unpaired) electrons. The zero-order valence-electron chi connectivity index (χ0n) is 19.1. The molecule has 5 N–H and O–H groups in total. The largest absolute Gasteiger partial charge is 0.481 e. The van der Waals surface area contributed by atoms with Crippen LogP contribution >= 0.6 is 0 Å². The lowest BCUT2D eigenvalue weighted by Gasteiger charge is -2.42. The molecular weight excluding hydrogens is 426 g/mol. The Balaban J connectivity index is 1.23. The van der Waals surface area contributed by atoms with Crippen LogP contribution in [0.25, 0.3) is 0 Å². The number of benzene rings is 2. The number of anilines is 2.